The number of nitrogens with zero attached hydrogens (tertiary/aromatic N) is 3. The molecule has 6 heteroatoms. The molecule has 2 aliphatic heterocycles. The second kappa shape index (κ2) is 4.96. The molecule has 2 aromatic rings. The third kappa shape index (κ3) is 2.38. The quantitative estimate of drug-likeness (QED) is 0.853. The number of aromatic nitrogens is 2. The summed E-state index contributed by atoms with van der Waals surface area (Å²) in [5.74, 6) is 2.96. The fourth-order valence-electron chi connectivity index (χ4n) is 3.65. The van der Waals surface area contributed by atoms with Crippen molar-refractivity contribution in [2.45, 2.75) is 19.9 Å². The van der Waals surface area contributed by atoms with E-state index < -0.39 is 0 Å². The van der Waals surface area contributed by atoms with Crippen LogP contribution in [-0.4, -0.2) is 41.3 Å². The molecule has 0 N–H and O–H groups in total. The second-order valence-corrected chi connectivity index (χ2v) is 6.24. The monoisotopic (exact) mass is 289 g/mol. The smallest absolute Gasteiger partial charge is 0.227 e. The first-order valence-corrected chi connectivity index (χ1v) is 7.35. The van der Waals surface area contributed by atoms with Gasteiger partial charge in [0.2, 0.25) is 5.89 Å². The first-order valence-electron chi connectivity index (χ1n) is 7.35. The van der Waals surface area contributed by atoms with E-state index in [0.717, 1.165) is 50.9 Å². The minimum Gasteiger partial charge on any atom is -0.468 e. The number of hydrogen-bond donors (Lipinski definition) is 0. The van der Waals surface area contributed by atoms with Crippen molar-refractivity contribution in [3.63, 3.8) is 0 Å². The van der Waals surface area contributed by atoms with Crippen molar-refractivity contribution >= 4 is 0 Å². The van der Waals surface area contributed by atoms with E-state index in [9.17, 15) is 0 Å². The van der Waals surface area contributed by atoms with Crippen LogP contribution in [0.4, 0.5) is 0 Å². The van der Waals surface area contributed by atoms with Crippen LogP contribution in [0.1, 0.15) is 17.5 Å². The Labute approximate surface area is 123 Å². The number of rotatable bonds is 4. The highest BCUT2D eigenvalue weighted by Gasteiger charge is 2.51. The summed E-state index contributed by atoms with van der Waals surface area (Å²) >= 11 is 0. The molecule has 112 valence electrons. The Balaban J connectivity index is 1.50. The number of likely N-dealkylation sites (tertiary alicyclic amines) is 1. The molecular weight excluding hydrogens is 270 g/mol. The predicted molar refractivity (Wildman–Crippen MR) is 73.5 cm³/mol. The summed E-state index contributed by atoms with van der Waals surface area (Å²) < 4.78 is 16.5. The van der Waals surface area contributed by atoms with Crippen LogP contribution >= 0.6 is 0 Å². The number of hydrogen-bond acceptors (Lipinski definition) is 6. The number of fused-ring (bicyclic) bond motifs is 1. The molecular formula is C15H19N3O3. The molecule has 0 unspecified atom stereocenters. The Bertz CT molecular complexity index is 609. The lowest BCUT2D eigenvalue weighted by Crippen LogP contribution is -2.33. The predicted octanol–water partition coefficient (Wildman–Crippen LogP) is 1.66. The molecule has 0 aliphatic carbocycles. The molecule has 21 heavy (non-hydrogen) atoms. The van der Waals surface area contributed by atoms with E-state index in [-0.39, 0.29) is 5.41 Å². The van der Waals surface area contributed by atoms with Gasteiger partial charge in [-0.1, -0.05) is 5.16 Å². The second-order valence-electron chi connectivity index (χ2n) is 6.24. The molecule has 2 aromatic heterocycles. The SMILES string of the molecule is Cc1noc(C[C@]23COC[C@H]2CN(Cc2ccco2)C3)n1. The molecule has 0 saturated carbocycles. The van der Waals surface area contributed by atoms with Crippen molar-refractivity contribution in [1.82, 2.24) is 15.0 Å². The van der Waals surface area contributed by atoms with E-state index in [0.29, 0.717) is 11.7 Å². The highest BCUT2D eigenvalue weighted by atomic mass is 16.5. The van der Waals surface area contributed by atoms with E-state index >= 15 is 0 Å². The summed E-state index contributed by atoms with van der Waals surface area (Å²) in [5.41, 5.74) is 0.103. The standard InChI is InChI=1S/C15H19N3O3/c1-11-16-14(21-17-11)5-15-9-18(6-12(15)8-19-10-15)7-13-3-2-4-20-13/h2-4,12H,5-10H2,1H3/t12-,15+/m1/s1. The van der Waals surface area contributed by atoms with Gasteiger partial charge in [0, 0.05) is 30.8 Å². The van der Waals surface area contributed by atoms with Crippen LogP contribution in [-0.2, 0) is 17.7 Å². The van der Waals surface area contributed by atoms with Gasteiger partial charge in [0.15, 0.2) is 5.82 Å². The summed E-state index contributed by atoms with van der Waals surface area (Å²) in [4.78, 5) is 6.80. The maximum Gasteiger partial charge on any atom is 0.227 e. The Morgan fingerprint density at radius 2 is 2.43 bits per heavy atom. The van der Waals surface area contributed by atoms with Gasteiger partial charge in [-0.3, -0.25) is 4.90 Å². The molecule has 2 fully saturated rings. The van der Waals surface area contributed by atoms with Crippen LogP contribution in [0.15, 0.2) is 27.3 Å². The topological polar surface area (TPSA) is 64.5 Å². The van der Waals surface area contributed by atoms with Crippen molar-refractivity contribution in [3.8, 4) is 0 Å². The lowest BCUT2D eigenvalue weighted by atomic mass is 9.78. The Kier molecular flexibility index (Phi) is 3.08. The largest absolute Gasteiger partial charge is 0.468 e. The summed E-state index contributed by atoms with van der Waals surface area (Å²) in [6.45, 7) is 6.32. The van der Waals surface area contributed by atoms with Gasteiger partial charge in [0.25, 0.3) is 0 Å². The minimum atomic E-state index is 0.103. The van der Waals surface area contributed by atoms with Gasteiger partial charge in [-0.2, -0.15) is 4.98 Å². The summed E-state index contributed by atoms with van der Waals surface area (Å²) in [5, 5.41) is 3.89. The van der Waals surface area contributed by atoms with E-state index in [4.69, 9.17) is 13.7 Å². The van der Waals surface area contributed by atoms with E-state index in [1.54, 1.807) is 6.26 Å². The molecule has 4 rings (SSSR count). The van der Waals surface area contributed by atoms with E-state index in [1.165, 1.54) is 0 Å². The highest BCUT2D eigenvalue weighted by Crippen LogP contribution is 2.44. The van der Waals surface area contributed by atoms with Gasteiger partial charge in [-0.25, -0.2) is 0 Å². The fourth-order valence-corrected chi connectivity index (χ4v) is 3.65. The lowest BCUT2D eigenvalue weighted by Gasteiger charge is -2.25. The van der Waals surface area contributed by atoms with Crippen molar-refractivity contribution in [3.05, 3.63) is 35.9 Å². The van der Waals surface area contributed by atoms with E-state index in [1.807, 2.05) is 19.1 Å². The number of ether oxygens (including phenoxy) is 1. The summed E-state index contributed by atoms with van der Waals surface area (Å²) in [6.07, 6.45) is 2.53. The first-order chi connectivity index (χ1) is 10.2. The van der Waals surface area contributed by atoms with Gasteiger partial charge in [0.1, 0.15) is 5.76 Å². The Morgan fingerprint density at radius 1 is 1.48 bits per heavy atom. The number of aryl methyl sites for hydroxylation is 1. The fraction of sp³-hybridized carbons (Fsp3) is 0.600. The molecule has 0 bridgehead atoms. The van der Waals surface area contributed by atoms with Crippen LogP contribution in [0.3, 0.4) is 0 Å². The number of furan rings is 1. The zero-order chi connectivity index (χ0) is 14.3. The van der Waals surface area contributed by atoms with Crippen LogP contribution in [0.25, 0.3) is 0 Å². The third-order valence-electron chi connectivity index (χ3n) is 4.62. The van der Waals surface area contributed by atoms with Crippen molar-refractivity contribution in [2.24, 2.45) is 11.3 Å². The average Bonchev–Trinajstić information content (AvgIpc) is 3.16. The lowest BCUT2D eigenvalue weighted by molar-refractivity contribution is 0.120. The van der Waals surface area contributed by atoms with Crippen LogP contribution in [0, 0.1) is 18.3 Å². The average molecular weight is 289 g/mol. The molecule has 0 spiro atoms. The molecule has 6 nitrogen and oxygen atoms in total. The van der Waals surface area contributed by atoms with Gasteiger partial charge >= 0.3 is 0 Å². The van der Waals surface area contributed by atoms with Gasteiger partial charge in [-0.05, 0) is 19.1 Å². The zero-order valence-corrected chi connectivity index (χ0v) is 12.1. The Morgan fingerprint density at radius 3 is 3.19 bits per heavy atom. The molecule has 0 amide bonds. The van der Waals surface area contributed by atoms with Crippen molar-refractivity contribution < 1.29 is 13.7 Å². The molecule has 0 aromatic carbocycles. The van der Waals surface area contributed by atoms with Crippen LogP contribution in [0.5, 0.6) is 0 Å². The Hall–Kier alpha value is -1.66. The normalized spacial score (nSPS) is 29.1. The van der Waals surface area contributed by atoms with Crippen molar-refractivity contribution in [1.29, 1.82) is 0 Å². The van der Waals surface area contributed by atoms with E-state index in [2.05, 4.69) is 15.0 Å². The maximum absolute atomic E-state index is 5.74. The molecule has 2 saturated heterocycles. The molecule has 2 atom stereocenters. The van der Waals surface area contributed by atoms with Crippen molar-refractivity contribution in [2.75, 3.05) is 26.3 Å². The van der Waals surface area contributed by atoms with Gasteiger partial charge in [0.05, 0.1) is 26.0 Å². The minimum absolute atomic E-state index is 0.103. The summed E-state index contributed by atoms with van der Waals surface area (Å²) in [7, 11) is 0. The molecule has 2 aliphatic rings. The summed E-state index contributed by atoms with van der Waals surface area (Å²) in [6, 6.07) is 3.96. The van der Waals surface area contributed by atoms with Gasteiger partial charge < -0.3 is 13.7 Å². The zero-order valence-electron chi connectivity index (χ0n) is 12.1. The van der Waals surface area contributed by atoms with Crippen LogP contribution in [0.2, 0.25) is 0 Å². The molecule has 0 radical (unpaired) electrons. The molecule has 4 heterocycles. The maximum atomic E-state index is 5.74. The van der Waals surface area contributed by atoms with Gasteiger partial charge in [-0.15, -0.1) is 0 Å². The van der Waals surface area contributed by atoms with Crippen LogP contribution < -0.4 is 0 Å². The third-order valence-corrected chi connectivity index (χ3v) is 4.62. The highest BCUT2D eigenvalue weighted by molar-refractivity contribution is 5.06. The first kappa shape index (κ1) is 13.0.